The Kier molecular flexibility index (Phi) is 4.23. The van der Waals surface area contributed by atoms with Crippen LogP contribution in [-0.2, 0) is 9.84 Å². The Morgan fingerprint density at radius 2 is 1.95 bits per heavy atom. The molecule has 2 fully saturated rings. The van der Waals surface area contributed by atoms with Gasteiger partial charge in [-0.05, 0) is 37.9 Å². The molecule has 0 aromatic heterocycles. The van der Waals surface area contributed by atoms with E-state index in [4.69, 9.17) is 0 Å². The van der Waals surface area contributed by atoms with Crippen molar-refractivity contribution in [3.05, 3.63) is 29.8 Å². The molecular formula is C16H22N2O3S. The molecule has 0 radical (unpaired) electrons. The van der Waals surface area contributed by atoms with Gasteiger partial charge >= 0.3 is 0 Å². The van der Waals surface area contributed by atoms with Crippen LogP contribution in [0.5, 0.6) is 0 Å². The number of carbonyl (C=O) groups is 1. The maximum absolute atomic E-state index is 12.5. The molecular weight excluding hydrogens is 300 g/mol. The lowest BCUT2D eigenvalue weighted by Crippen LogP contribution is -2.47. The molecule has 5 nitrogen and oxygen atoms in total. The van der Waals surface area contributed by atoms with Crippen molar-refractivity contribution in [2.45, 2.75) is 42.7 Å². The summed E-state index contributed by atoms with van der Waals surface area (Å²) in [5.41, 5.74) is 0.249. The van der Waals surface area contributed by atoms with Crippen LogP contribution in [-0.4, -0.2) is 50.7 Å². The summed E-state index contributed by atoms with van der Waals surface area (Å²) in [5, 5.41) is 3.06. The van der Waals surface area contributed by atoms with Crippen LogP contribution in [0.25, 0.3) is 0 Å². The molecule has 0 saturated carbocycles. The number of nitrogens with one attached hydrogen (secondary N) is 1. The van der Waals surface area contributed by atoms with Gasteiger partial charge in [0.25, 0.3) is 5.91 Å². The number of sulfone groups is 1. The van der Waals surface area contributed by atoms with Crippen molar-refractivity contribution in [2.75, 3.05) is 19.3 Å². The van der Waals surface area contributed by atoms with Crippen LogP contribution < -0.4 is 5.32 Å². The summed E-state index contributed by atoms with van der Waals surface area (Å²) < 4.78 is 23.7. The van der Waals surface area contributed by atoms with E-state index in [9.17, 15) is 13.2 Å². The molecule has 1 amide bonds. The third kappa shape index (κ3) is 3.03. The average Bonchev–Trinajstić information content (AvgIpc) is 2.90. The van der Waals surface area contributed by atoms with E-state index in [-0.39, 0.29) is 22.4 Å². The molecule has 1 N–H and O–H groups in total. The Morgan fingerprint density at radius 1 is 1.18 bits per heavy atom. The molecule has 0 aliphatic carbocycles. The van der Waals surface area contributed by atoms with Crippen LogP contribution in [0.15, 0.2) is 29.2 Å². The predicted octanol–water partition coefficient (Wildman–Crippen LogP) is 1.45. The lowest BCUT2D eigenvalue weighted by atomic mass is 9.99. The molecule has 2 saturated heterocycles. The zero-order valence-corrected chi connectivity index (χ0v) is 13.6. The van der Waals surface area contributed by atoms with Crippen LogP contribution in [0.3, 0.4) is 0 Å². The zero-order chi connectivity index (χ0) is 15.7. The number of fused-ring (bicyclic) bond motifs is 1. The molecule has 2 heterocycles. The minimum Gasteiger partial charge on any atom is -0.348 e. The number of hydrogen-bond acceptors (Lipinski definition) is 4. The molecule has 1 aromatic rings. The normalized spacial score (nSPS) is 25.7. The van der Waals surface area contributed by atoms with Gasteiger partial charge in [0.2, 0.25) is 0 Å². The van der Waals surface area contributed by atoms with Gasteiger partial charge in [-0.15, -0.1) is 0 Å². The van der Waals surface area contributed by atoms with E-state index in [1.807, 2.05) is 0 Å². The van der Waals surface area contributed by atoms with Crippen molar-refractivity contribution in [3.63, 3.8) is 0 Å². The van der Waals surface area contributed by atoms with E-state index >= 15 is 0 Å². The lowest BCUT2D eigenvalue weighted by Gasteiger charge is -2.32. The van der Waals surface area contributed by atoms with Gasteiger partial charge in [0.1, 0.15) is 0 Å². The van der Waals surface area contributed by atoms with Crippen molar-refractivity contribution in [3.8, 4) is 0 Å². The summed E-state index contributed by atoms with van der Waals surface area (Å²) >= 11 is 0. The largest absolute Gasteiger partial charge is 0.348 e. The first-order valence-corrected chi connectivity index (χ1v) is 9.70. The fourth-order valence-corrected chi connectivity index (χ4v) is 4.53. The Morgan fingerprint density at radius 3 is 2.73 bits per heavy atom. The first kappa shape index (κ1) is 15.5. The van der Waals surface area contributed by atoms with Crippen molar-refractivity contribution in [2.24, 2.45) is 0 Å². The minimum absolute atomic E-state index is 0.103. The molecule has 120 valence electrons. The Bertz CT molecular complexity index is 672. The smallest absolute Gasteiger partial charge is 0.252 e. The number of hydrogen-bond donors (Lipinski definition) is 1. The quantitative estimate of drug-likeness (QED) is 0.914. The molecule has 0 spiro atoms. The monoisotopic (exact) mass is 322 g/mol. The van der Waals surface area contributed by atoms with Gasteiger partial charge in [0.05, 0.1) is 10.5 Å². The summed E-state index contributed by atoms with van der Waals surface area (Å²) in [7, 11) is -3.41. The van der Waals surface area contributed by atoms with Crippen molar-refractivity contribution in [1.82, 2.24) is 10.2 Å². The van der Waals surface area contributed by atoms with Gasteiger partial charge < -0.3 is 5.32 Å². The topological polar surface area (TPSA) is 66.5 Å². The molecule has 22 heavy (non-hydrogen) atoms. The average molecular weight is 322 g/mol. The van der Waals surface area contributed by atoms with Gasteiger partial charge in [-0.25, -0.2) is 8.42 Å². The molecule has 2 atom stereocenters. The Labute approximate surface area is 131 Å². The Balaban J connectivity index is 1.78. The molecule has 0 bridgehead atoms. The number of amides is 1. The number of carbonyl (C=O) groups excluding carboxylic acids is 1. The van der Waals surface area contributed by atoms with E-state index in [2.05, 4.69) is 10.2 Å². The fraction of sp³-hybridized carbons (Fsp3) is 0.562. The summed E-state index contributed by atoms with van der Waals surface area (Å²) in [5.74, 6) is -0.279. The summed E-state index contributed by atoms with van der Waals surface area (Å²) in [4.78, 5) is 15.1. The minimum atomic E-state index is -3.41. The van der Waals surface area contributed by atoms with E-state index in [0.717, 1.165) is 32.2 Å². The van der Waals surface area contributed by atoms with Gasteiger partial charge in [-0.3, -0.25) is 9.69 Å². The summed E-state index contributed by atoms with van der Waals surface area (Å²) in [6.45, 7) is 2.13. The SMILES string of the molecule is CS(=O)(=O)c1ccccc1C(=O)N[C@@H]1CCN2CCCC[C@H]12. The highest BCUT2D eigenvalue weighted by atomic mass is 32.2. The maximum Gasteiger partial charge on any atom is 0.252 e. The van der Waals surface area contributed by atoms with Crippen LogP contribution in [0.1, 0.15) is 36.0 Å². The first-order chi connectivity index (χ1) is 10.5. The first-order valence-electron chi connectivity index (χ1n) is 7.81. The predicted molar refractivity (Wildman–Crippen MR) is 84.6 cm³/mol. The molecule has 1 aromatic carbocycles. The summed E-state index contributed by atoms with van der Waals surface area (Å²) in [6.07, 6.45) is 5.62. The molecule has 3 rings (SSSR count). The maximum atomic E-state index is 12.5. The van der Waals surface area contributed by atoms with E-state index in [1.165, 1.54) is 18.9 Å². The third-order valence-electron chi connectivity index (χ3n) is 4.70. The van der Waals surface area contributed by atoms with Gasteiger partial charge in [-0.1, -0.05) is 18.6 Å². The number of benzene rings is 1. The fourth-order valence-electron chi connectivity index (χ4n) is 3.64. The van der Waals surface area contributed by atoms with E-state index in [0.29, 0.717) is 6.04 Å². The van der Waals surface area contributed by atoms with Gasteiger partial charge in [0.15, 0.2) is 9.84 Å². The van der Waals surface area contributed by atoms with Crippen molar-refractivity contribution in [1.29, 1.82) is 0 Å². The lowest BCUT2D eigenvalue weighted by molar-refractivity contribution is 0.0912. The molecule has 2 aliphatic heterocycles. The van der Waals surface area contributed by atoms with Crippen LogP contribution >= 0.6 is 0 Å². The van der Waals surface area contributed by atoms with Crippen LogP contribution in [0, 0.1) is 0 Å². The summed E-state index contributed by atoms with van der Waals surface area (Å²) in [6, 6.07) is 6.95. The van der Waals surface area contributed by atoms with Crippen molar-refractivity contribution >= 4 is 15.7 Å². The highest BCUT2D eigenvalue weighted by Crippen LogP contribution is 2.27. The molecule has 2 aliphatic rings. The van der Waals surface area contributed by atoms with Crippen LogP contribution in [0.4, 0.5) is 0 Å². The number of rotatable bonds is 3. The van der Waals surface area contributed by atoms with Crippen LogP contribution in [0.2, 0.25) is 0 Å². The standard InChI is InChI=1S/C16H22N2O3S/c1-22(20,21)15-8-3-2-6-12(15)16(19)17-13-9-11-18-10-5-4-7-14(13)18/h2-3,6,8,13-14H,4-5,7,9-11H2,1H3,(H,17,19)/t13-,14-/m1/s1. The molecule has 6 heteroatoms. The second-order valence-corrected chi connectivity index (χ2v) is 8.22. The van der Waals surface area contributed by atoms with E-state index in [1.54, 1.807) is 18.2 Å². The van der Waals surface area contributed by atoms with Gasteiger partial charge in [-0.2, -0.15) is 0 Å². The second kappa shape index (κ2) is 6.01. The van der Waals surface area contributed by atoms with E-state index < -0.39 is 9.84 Å². The third-order valence-corrected chi connectivity index (χ3v) is 5.86. The van der Waals surface area contributed by atoms with Crippen molar-refractivity contribution < 1.29 is 13.2 Å². The number of nitrogens with zero attached hydrogens (tertiary/aromatic N) is 1. The highest BCUT2D eigenvalue weighted by molar-refractivity contribution is 7.90. The Hall–Kier alpha value is -1.40. The highest BCUT2D eigenvalue weighted by Gasteiger charge is 2.36. The molecule has 0 unspecified atom stereocenters. The van der Waals surface area contributed by atoms with Gasteiger partial charge in [0, 0.05) is 24.9 Å². The number of piperidine rings is 1. The second-order valence-electron chi connectivity index (χ2n) is 6.24. The zero-order valence-electron chi connectivity index (χ0n) is 12.8.